The zero-order chi connectivity index (χ0) is 9.84. The number of anilines is 1. The van der Waals surface area contributed by atoms with Gasteiger partial charge in [0.15, 0.2) is 0 Å². The molecule has 0 bridgehead atoms. The highest BCUT2D eigenvalue weighted by Crippen LogP contribution is 2.12. The van der Waals surface area contributed by atoms with E-state index >= 15 is 0 Å². The summed E-state index contributed by atoms with van der Waals surface area (Å²) in [5.41, 5.74) is 8.25. The Kier molecular flexibility index (Phi) is 3.32. The van der Waals surface area contributed by atoms with E-state index in [1.807, 2.05) is 21.0 Å². The Balaban J connectivity index is 2.70. The van der Waals surface area contributed by atoms with Gasteiger partial charge in [0.2, 0.25) is 0 Å². The Morgan fingerprint density at radius 1 is 1.23 bits per heavy atom. The molecule has 0 fully saturated rings. The van der Waals surface area contributed by atoms with Crippen LogP contribution in [0.3, 0.4) is 0 Å². The van der Waals surface area contributed by atoms with Gasteiger partial charge in [0.05, 0.1) is 0 Å². The van der Waals surface area contributed by atoms with Gasteiger partial charge in [-0.15, -0.1) is 0 Å². The van der Waals surface area contributed by atoms with Gasteiger partial charge in [-0.3, -0.25) is 0 Å². The van der Waals surface area contributed by atoms with Crippen molar-refractivity contribution in [2.75, 3.05) is 19.0 Å². The molecular weight excluding hydrogens is 160 g/mol. The van der Waals surface area contributed by atoms with Crippen molar-refractivity contribution in [1.82, 2.24) is 0 Å². The van der Waals surface area contributed by atoms with Crippen molar-refractivity contribution in [2.45, 2.75) is 19.4 Å². The third-order valence-electron chi connectivity index (χ3n) is 2.01. The fourth-order valence-corrected chi connectivity index (χ4v) is 1.30. The van der Waals surface area contributed by atoms with Crippen LogP contribution in [0, 0.1) is 0 Å². The van der Waals surface area contributed by atoms with Crippen LogP contribution in [-0.2, 0) is 6.42 Å². The molecular formula is C11H18N2. The van der Waals surface area contributed by atoms with Crippen molar-refractivity contribution in [3.05, 3.63) is 29.8 Å². The van der Waals surface area contributed by atoms with Crippen molar-refractivity contribution in [2.24, 2.45) is 5.73 Å². The number of rotatable bonds is 3. The highest BCUT2D eigenvalue weighted by molar-refractivity contribution is 5.46. The summed E-state index contributed by atoms with van der Waals surface area (Å²) in [6.45, 7) is 2.03. The van der Waals surface area contributed by atoms with Gasteiger partial charge >= 0.3 is 0 Å². The van der Waals surface area contributed by atoms with Crippen LogP contribution in [0.25, 0.3) is 0 Å². The lowest BCUT2D eigenvalue weighted by atomic mass is 10.1. The molecule has 0 spiro atoms. The second-order valence-corrected chi connectivity index (χ2v) is 3.74. The molecule has 1 atom stereocenters. The molecule has 0 aliphatic heterocycles. The number of benzene rings is 1. The smallest absolute Gasteiger partial charge is 0.0361 e. The molecule has 13 heavy (non-hydrogen) atoms. The van der Waals surface area contributed by atoms with Gasteiger partial charge in [0, 0.05) is 25.8 Å². The lowest BCUT2D eigenvalue weighted by molar-refractivity contribution is 0.738. The maximum absolute atomic E-state index is 5.71. The fraction of sp³-hybridized carbons (Fsp3) is 0.455. The molecule has 72 valence electrons. The Morgan fingerprint density at radius 3 is 2.15 bits per heavy atom. The normalized spacial score (nSPS) is 12.6. The molecule has 2 nitrogen and oxygen atoms in total. The zero-order valence-electron chi connectivity index (χ0n) is 8.62. The predicted octanol–water partition coefficient (Wildman–Crippen LogP) is 1.64. The molecule has 0 heterocycles. The van der Waals surface area contributed by atoms with E-state index in [1.54, 1.807) is 0 Å². The van der Waals surface area contributed by atoms with Crippen LogP contribution in [-0.4, -0.2) is 20.1 Å². The van der Waals surface area contributed by atoms with E-state index in [0.717, 1.165) is 6.42 Å². The highest BCUT2D eigenvalue weighted by Gasteiger charge is 1.98. The average molecular weight is 178 g/mol. The van der Waals surface area contributed by atoms with Gasteiger partial charge in [-0.25, -0.2) is 0 Å². The summed E-state index contributed by atoms with van der Waals surface area (Å²) in [5, 5.41) is 0. The molecule has 0 unspecified atom stereocenters. The molecule has 0 aromatic heterocycles. The molecule has 2 heteroatoms. The summed E-state index contributed by atoms with van der Waals surface area (Å²) in [7, 11) is 4.08. The third-order valence-corrected chi connectivity index (χ3v) is 2.01. The maximum Gasteiger partial charge on any atom is 0.0361 e. The van der Waals surface area contributed by atoms with E-state index in [-0.39, 0.29) is 6.04 Å². The summed E-state index contributed by atoms with van der Waals surface area (Å²) in [4.78, 5) is 2.09. The minimum atomic E-state index is 0.241. The first kappa shape index (κ1) is 10.1. The van der Waals surface area contributed by atoms with Gasteiger partial charge in [-0.1, -0.05) is 12.1 Å². The van der Waals surface area contributed by atoms with Crippen molar-refractivity contribution in [3.8, 4) is 0 Å². The Morgan fingerprint density at radius 2 is 1.77 bits per heavy atom. The van der Waals surface area contributed by atoms with E-state index in [9.17, 15) is 0 Å². The predicted molar refractivity (Wildman–Crippen MR) is 58.1 cm³/mol. The lowest BCUT2D eigenvalue weighted by Crippen LogP contribution is -2.17. The summed E-state index contributed by atoms with van der Waals surface area (Å²) < 4.78 is 0. The van der Waals surface area contributed by atoms with Crippen LogP contribution >= 0.6 is 0 Å². The molecule has 0 saturated carbocycles. The molecule has 0 radical (unpaired) electrons. The summed E-state index contributed by atoms with van der Waals surface area (Å²) in [5.74, 6) is 0. The summed E-state index contributed by atoms with van der Waals surface area (Å²) in [6.07, 6.45) is 0.952. The van der Waals surface area contributed by atoms with Crippen LogP contribution < -0.4 is 10.6 Å². The van der Waals surface area contributed by atoms with Crippen molar-refractivity contribution in [1.29, 1.82) is 0 Å². The quantitative estimate of drug-likeness (QED) is 0.762. The third kappa shape index (κ3) is 3.07. The molecule has 1 rings (SSSR count). The Bertz CT molecular complexity index is 249. The number of hydrogen-bond donors (Lipinski definition) is 1. The molecule has 0 aliphatic rings. The average Bonchev–Trinajstić information content (AvgIpc) is 2.04. The molecule has 1 aromatic rings. The van der Waals surface area contributed by atoms with Gasteiger partial charge in [-0.05, 0) is 31.0 Å². The first-order valence-corrected chi connectivity index (χ1v) is 4.61. The first-order valence-electron chi connectivity index (χ1n) is 4.61. The minimum absolute atomic E-state index is 0.241. The van der Waals surface area contributed by atoms with Gasteiger partial charge < -0.3 is 10.6 Å². The molecule has 0 aliphatic carbocycles. The van der Waals surface area contributed by atoms with E-state index < -0.39 is 0 Å². The second kappa shape index (κ2) is 4.28. The summed E-state index contributed by atoms with van der Waals surface area (Å²) in [6, 6.07) is 8.76. The number of hydrogen-bond acceptors (Lipinski definition) is 2. The maximum atomic E-state index is 5.71. The van der Waals surface area contributed by atoms with Gasteiger partial charge in [0.25, 0.3) is 0 Å². The monoisotopic (exact) mass is 178 g/mol. The largest absolute Gasteiger partial charge is 0.378 e. The van der Waals surface area contributed by atoms with E-state index in [2.05, 4.69) is 29.2 Å². The SMILES string of the molecule is C[C@@H](N)Cc1ccc(N(C)C)cc1. The topological polar surface area (TPSA) is 29.3 Å². The van der Waals surface area contributed by atoms with Crippen LogP contribution in [0.5, 0.6) is 0 Å². The van der Waals surface area contributed by atoms with Gasteiger partial charge in [-0.2, -0.15) is 0 Å². The fourth-order valence-electron chi connectivity index (χ4n) is 1.30. The minimum Gasteiger partial charge on any atom is -0.378 e. The summed E-state index contributed by atoms with van der Waals surface area (Å²) >= 11 is 0. The Hall–Kier alpha value is -1.02. The first-order chi connectivity index (χ1) is 6.09. The zero-order valence-corrected chi connectivity index (χ0v) is 8.62. The lowest BCUT2D eigenvalue weighted by Gasteiger charge is -2.13. The van der Waals surface area contributed by atoms with E-state index in [4.69, 9.17) is 5.73 Å². The van der Waals surface area contributed by atoms with Crippen molar-refractivity contribution in [3.63, 3.8) is 0 Å². The van der Waals surface area contributed by atoms with E-state index in [1.165, 1.54) is 11.3 Å². The van der Waals surface area contributed by atoms with Crippen molar-refractivity contribution >= 4 is 5.69 Å². The second-order valence-electron chi connectivity index (χ2n) is 3.74. The highest BCUT2D eigenvalue weighted by atomic mass is 15.1. The van der Waals surface area contributed by atoms with Crippen molar-refractivity contribution < 1.29 is 0 Å². The molecule has 0 amide bonds. The van der Waals surface area contributed by atoms with Crippen LogP contribution in [0.15, 0.2) is 24.3 Å². The van der Waals surface area contributed by atoms with Crippen LogP contribution in [0.2, 0.25) is 0 Å². The molecule has 2 N–H and O–H groups in total. The molecule has 1 aromatic carbocycles. The van der Waals surface area contributed by atoms with E-state index in [0.29, 0.717) is 0 Å². The molecule has 0 saturated heterocycles. The number of nitrogens with zero attached hydrogens (tertiary/aromatic N) is 1. The van der Waals surface area contributed by atoms with Gasteiger partial charge in [0.1, 0.15) is 0 Å². The standard InChI is InChI=1S/C11H18N2/c1-9(12)8-10-4-6-11(7-5-10)13(2)3/h4-7,9H,8,12H2,1-3H3/t9-/m1/s1. The van der Waals surface area contributed by atoms with Crippen LogP contribution in [0.1, 0.15) is 12.5 Å². The number of nitrogens with two attached hydrogens (primary N) is 1. The Labute approximate surface area is 80.4 Å². The van der Waals surface area contributed by atoms with Crippen LogP contribution in [0.4, 0.5) is 5.69 Å².